The second-order valence-corrected chi connectivity index (χ2v) is 22.4. The van der Waals surface area contributed by atoms with Gasteiger partial charge in [0.2, 0.25) is 0 Å². The number of methoxy groups -OCH3 is 1. The summed E-state index contributed by atoms with van der Waals surface area (Å²) < 4.78 is 57.9. The normalized spacial score (nSPS) is 54.8. The molecule has 4 saturated carbocycles. The van der Waals surface area contributed by atoms with Crippen LogP contribution in [0, 0.1) is 34.5 Å². The average molecular weight is 1040 g/mol. The molecule has 0 spiro atoms. The molecule has 13 N–H and O–H groups in total. The van der Waals surface area contributed by atoms with Crippen LogP contribution in [0.1, 0.15) is 72.1 Å². The zero-order valence-corrected chi connectivity index (χ0v) is 40.9. The van der Waals surface area contributed by atoms with Crippen LogP contribution >= 0.6 is 0 Å². The average Bonchev–Trinajstić information content (AvgIpc) is 3.86. The highest BCUT2D eigenvalue weighted by Crippen LogP contribution is 2.70. The van der Waals surface area contributed by atoms with Crippen molar-refractivity contribution in [2.75, 3.05) is 33.5 Å². The molecule has 0 aromatic carbocycles. The molecule has 72 heavy (non-hydrogen) atoms. The maximum Gasteiger partial charge on any atom is 0.331 e. The van der Waals surface area contributed by atoms with E-state index >= 15 is 0 Å². The second kappa shape index (κ2) is 21.3. The number of hydrogen-bond acceptors (Lipinski definition) is 24. The Morgan fingerprint density at radius 3 is 1.79 bits per heavy atom. The van der Waals surface area contributed by atoms with Crippen LogP contribution in [0.4, 0.5) is 0 Å². The van der Waals surface area contributed by atoms with E-state index in [9.17, 15) is 71.2 Å². The molecule has 29 atom stereocenters. The molecule has 24 nitrogen and oxygen atoms in total. The lowest BCUT2D eigenvalue weighted by molar-refractivity contribution is -0.368. The van der Waals surface area contributed by atoms with Crippen LogP contribution in [0.5, 0.6) is 0 Å². The molecule has 4 aliphatic carbocycles. The maximum absolute atomic E-state index is 12.7. The number of hydrogen-bond donors (Lipinski definition) is 13. The van der Waals surface area contributed by atoms with Gasteiger partial charge >= 0.3 is 5.97 Å². The van der Waals surface area contributed by atoms with Gasteiger partial charge in [-0.15, -0.1) is 0 Å². The van der Waals surface area contributed by atoms with Gasteiger partial charge in [-0.05, 0) is 80.6 Å². The summed E-state index contributed by atoms with van der Waals surface area (Å²) in [6.07, 6.45) is -25.1. The Kier molecular flexibility index (Phi) is 16.3. The van der Waals surface area contributed by atoms with Crippen LogP contribution in [0.25, 0.3) is 0 Å². The predicted octanol–water partition coefficient (Wildman–Crippen LogP) is -4.45. The Morgan fingerprint density at radius 2 is 1.21 bits per heavy atom. The zero-order chi connectivity index (χ0) is 51.9. The first-order valence-corrected chi connectivity index (χ1v) is 25.4. The van der Waals surface area contributed by atoms with Crippen molar-refractivity contribution in [1.29, 1.82) is 0 Å². The lowest BCUT2D eigenvalue weighted by Gasteiger charge is -2.63. The zero-order valence-electron chi connectivity index (χ0n) is 40.9. The third-order valence-electron chi connectivity index (χ3n) is 18.6. The van der Waals surface area contributed by atoms with Gasteiger partial charge < -0.3 is 114 Å². The van der Waals surface area contributed by atoms with Gasteiger partial charge in [0, 0.05) is 30.9 Å². The summed E-state index contributed by atoms with van der Waals surface area (Å²) in [4.78, 5) is 12.0. The monoisotopic (exact) mass is 1040 g/mol. The van der Waals surface area contributed by atoms with Crippen molar-refractivity contribution in [2.24, 2.45) is 34.5 Å². The Labute approximate surface area is 416 Å². The summed E-state index contributed by atoms with van der Waals surface area (Å²) in [5.41, 5.74) is -1.08. The second-order valence-electron chi connectivity index (χ2n) is 22.4. The lowest BCUT2D eigenvalue weighted by atomic mass is 9.43. The van der Waals surface area contributed by atoms with Crippen LogP contribution in [0.3, 0.4) is 0 Å². The van der Waals surface area contributed by atoms with Crippen LogP contribution in [-0.2, 0) is 52.2 Å². The van der Waals surface area contributed by atoms with E-state index < -0.39 is 166 Å². The maximum atomic E-state index is 12.7. The van der Waals surface area contributed by atoms with Crippen molar-refractivity contribution in [3.8, 4) is 0 Å². The largest absolute Gasteiger partial charge is 0.458 e. The van der Waals surface area contributed by atoms with Crippen molar-refractivity contribution in [3.63, 3.8) is 0 Å². The van der Waals surface area contributed by atoms with E-state index in [4.69, 9.17) is 47.4 Å². The highest BCUT2D eigenvalue weighted by Gasteiger charge is 2.70. The van der Waals surface area contributed by atoms with Crippen molar-refractivity contribution in [2.45, 2.75) is 213 Å². The van der Waals surface area contributed by atoms with Gasteiger partial charge in [0.1, 0.15) is 98.2 Å². The minimum atomic E-state index is -1.88. The minimum Gasteiger partial charge on any atom is -0.458 e. The molecule has 0 unspecified atom stereocenters. The molecule has 8 fully saturated rings. The van der Waals surface area contributed by atoms with Crippen molar-refractivity contribution >= 4 is 5.97 Å². The van der Waals surface area contributed by atoms with E-state index in [2.05, 4.69) is 13.8 Å². The molecule has 0 amide bonds. The fourth-order valence-electron chi connectivity index (χ4n) is 14.4. The summed E-state index contributed by atoms with van der Waals surface area (Å²) in [6, 6.07) is 0. The van der Waals surface area contributed by atoms with E-state index in [1.54, 1.807) is 6.92 Å². The standard InChI is InChI=1S/C48H76O24/c1-18-40(72-44-38(60)35(57)32(54)27(71-44)17-66-43-37(59)34(56)31(53)26(70-43)16-65-42-36(58)33(55)30(52)25(14-49)69-42)41(63-4)39(61)45(67-18)68-21-7-9-46(2)20(12-21)5-6-23-22(46)8-10-47(3)29(19-11-28(51)64-15-19)24(50)13-48(23,47)62/h11,18,20-27,29-45,49-50,52-62H,5-10,12-17H2,1-4H3/t18-,20-,21+,22+,23-,24+,25-,26-,27-,29+,30-,31-,32-,33+,34+,35+,36-,37-,38-,39-,40+,41-,42-,43-,44+,45+,46+,47-,48+/m1/s1. The van der Waals surface area contributed by atoms with Gasteiger partial charge in [-0.2, -0.15) is 0 Å². The highest BCUT2D eigenvalue weighted by molar-refractivity contribution is 5.85. The number of aliphatic hydroxyl groups excluding tert-OH is 12. The smallest absolute Gasteiger partial charge is 0.331 e. The Morgan fingerprint density at radius 1 is 0.639 bits per heavy atom. The van der Waals surface area contributed by atoms with Crippen LogP contribution in [0.15, 0.2) is 11.6 Å². The number of ether oxygens (including phenoxy) is 10. The van der Waals surface area contributed by atoms with Crippen LogP contribution in [-0.4, -0.2) is 247 Å². The van der Waals surface area contributed by atoms with E-state index in [-0.39, 0.29) is 48.2 Å². The SMILES string of the molecule is CO[C@@H]1[C@@H](O)[C@H](O[C@H]2CC[C@@]3(C)[C@H](CC[C@@H]4[C@@H]3CC[C@]3(C)[C@@H](C5=CC(=O)OC5)[C@@H](O)C[C@]43O)C2)O[C@H](C)[C@@H]1O[C@@H]1O[C@H](CO[C@@H]2O[C@H](CO[C@@H]3O[C@H](CO)[C@@H](O)[C@H](O)[C@H]3O)[C@@H](O)[C@H](O)[C@H]2O)[C@@H](O)[C@H](O)[C@H]1O. The fraction of sp³-hybridized carbons (Fsp3) is 0.938. The van der Waals surface area contributed by atoms with Crippen LogP contribution < -0.4 is 0 Å². The van der Waals surface area contributed by atoms with Gasteiger partial charge in [-0.3, -0.25) is 0 Å². The minimum absolute atomic E-state index is 0.0322. The summed E-state index contributed by atoms with van der Waals surface area (Å²) in [7, 11) is 1.35. The molecule has 5 aliphatic heterocycles. The topological polar surface area (TPSA) is 372 Å². The molecule has 0 radical (unpaired) electrons. The molecule has 0 bridgehead atoms. The molecule has 9 aliphatic rings. The fourth-order valence-corrected chi connectivity index (χ4v) is 14.4. The molecular formula is C48H76O24. The summed E-state index contributed by atoms with van der Waals surface area (Å²) >= 11 is 0. The number of carbonyl (C=O) groups excluding carboxylic acids is 1. The van der Waals surface area contributed by atoms with Gasteiger partial charge in [-0.1, -0.05) is 13.8 Å². The first-order chi connectivity index (χ1) is 34.1. The quantitative estimate of drug-likeness (QED) is 0.0611. The Hall–Kier alpha value is -1.67. The highest BCUT2D eigenvalue weighted by atomic mass is 16.8. The van der Waals surface area contributed by atoms with E-state index in [0.717, 1.165) is 31.3 Å². The molecule has 5 heterocycles. The number of carbonyl (C=O) groups is 1. The molecule has 24 heteroatoms. The molecular weight excluding hydrogens is 961 g/mol. The molecule has 9 rings (SSSR count). The van der Waals surface area contributed by atoms with Crippen molar-refractivity contribution < 1.29 is 119 Å². The number of esters is 1. The van der Waals surface area contributed by atoms with Crippen molar-refractivity contribution in [3.05, 3.63) is 11.6 Å². The lowest BCUT2D eigenvalue weighted by Crippen LogP contribution is -2.65. The van der Waals surface area contributed by atoms with Crippen molar-refractivity contribution in [1.82, 2.24) is 0 Å². The van der Waals surface area contributed by atoms with E-state index in [0.29, 0.717) is 19.3 Å². The number of cyclic esters (lactones) is 1. The summed E-state index contributed by atoms with van der Waals surface area (Å²) in [5.74, 6) is -0.356. The van der Waals surface area contributed by atoms with E-state index in [1.807, 2.05) is 0 Å². The predicted molar refractivity (Wildman–Crippen MR) is 237 cm³/mol. The first kappa shape index (κ1) is 55.1. The molecule has 412 valence electrons. The molecule has 4 saturated heterocycles. The molecule has 0 aromatic rings. The number of rotatable bonds is 13. The third kappa shape index (κ3) is 9.53. The Balaban J connectivity index is 0.789. The summed E-state index contributed by atoms with van der Waals surface area (Å²) in [5, 5.41) is 141. The van der Waals surface area contributed by atoms with Gasteiger partial charge in [0.05, 0.1) is 43.7 Å². The first-order valence-electron chi connectivity index (χ1n) is 25.4. The number of fused-ring (bicyclic) bond motifs is 5. The van der Waals surface area contributed by atoms with E-state index in [1.165, 1.54) is 13.2 Å². The van der Waals surface area contributed by atoms with Crippen LogP contribution in [0.2, 0.25) is 0 Å². The molecule has 0 aromatic heterocycles. The third-order valence-corrected chi connectivity index (χ3v) is 18.6. The number of aliphatic hydroxyl groups is 13. The Bertz CT molecular complexity index is 1910. The van der Waals surface area contributed by atoms with Gasteiger partial charge in [-0.25, -0.2) is 4.79 Å². The summed E-state index contributed by atoms with van der Waals surface area (Å²) in [6.45, 7) is 4.16. The van der Waals surface area contributed by atoms with Gasteiger partial charge in [0.15, 0.2) is 25.2 Å². The van der Waals surface area contributed by atoms with Gasteiger partial charge in [0.25, 0.3) is 0 Å².